The number of nitrogens with zero attached hydrogens (tertiary/aromatic N) is 3. The van der Waals surface area contributed by atoms with Crippen LogP contribution in [0.2, 0.25) is 5.02 Å². The molecule has 4 nitrogen and oxygen atoms in total. The van der Waals surface area contributed by atoms with E-state index >= 15 is 0 Å². The molecule has 2 aliphatic heterocycles. The van der Waals surface area contributed by atoms with Crippen molar-refractivity contribution in [2.24, 2.45) is 5.92 Å². The molecule has 0 bridgehead atoms. The Hall–Kier alpha value is -1.10. The van der Waals surface area contributed by atoms with Gasteiger partial charge in [-0.15, -0.1) is 0 Å². The number of amides is 1. The lowest BCUT2D eigenvalue weighted by atomic mass is 10.0. The molecule has 0 aliphatic carbocycles. The second-order valence-electron chi connectivity index (χ2n) is 6.91. The molecule has 2 fully saturated rings. The molecule has 0 spiro atoms. The molecule has 1 aromatic carbocycles. The second kappa shape index (κ2) is 7.20. The quantitative estimate of drug-likeness (QED) is 0.848. The van der Waals surface area contributed by atoms with Gasteiger partial charge in [0.1, 0.15) is 0 Å². The van der Waals surface area contributed by atoms with Crippen LogP contribution in [0.3, 0.4) is 0 Å². The summed E-state index contributed by atoms with van der Waals surface area (Å²) in [6.45, 7) is 11.0. The number of carbonyl (C=O) groups is 1. The molecule has 2 saturated heterocycles. The highest BCUT2D eigenvalue weighted by Gasteiger charge is 2.35. The molecule has 1 amide bonds. The fourth-order valence-electron chi connectivity index (χ4n) is 3.87. The molecule has 3 rings (SSSR count). The normalized spacial score (nSPS) is 26.7. The average Bonchev–Trinajstić information content (AvgIpc) is 2.90. The van der Waals surface area contributed by atoms with Crippen molar-refractivity contribution in [3.63, 3.8) is 0 Å². The van der Waals surface area contributed by atoms with Crippen LogP contribution in [0.1, 0.15) is 19.4 Å². The van der Waals surface area contributed by atoms with Gasteiger partial charge >= 0.3 is 0 Å². The molecule has 126 valence electrons. The molecule has 2 aliphatic rings. The van der Waals surface area contributed by atoms with Gasteiger partial charge in [0.05, 0.1) is 0 Å². The van der Waals surface area contributed by atoms with E-state index in [0.717, 1.165) is 50.8 Å². The first-order valence-corrected chi connectivity index (χ1v) is 8.87. The molecular formula is C18H26ClN3O. The Kier molecular flexibility index (Phi) is 5.24. The van der Waals surface area contributed by atoms with Crippen molar-refractivity contribution in [2.45, 2.75) is 26.4 Å². The molecule has 23 heavy (non-hydrogen) atoms. The van der Waals surface area contributed by atoms with Crippen LogP contribution in [0.25, 0.3) is 0 Å². The van der Waals surface area contributed by atoms with E-state index in [9.17, 15) is 4.79 Å². The molecule has 0 saturated carbocycles. The van der Waals surface area contributed by atoms with Crippen LogP contribution < -0.4 is 0 Å². The zero-order chi connectivity index (χ0) is 16.4. The van der Waals surface area contributed by atoms with E-state index in [1.807, 2.05) is 17.0 Å². The summed E-state index contributed by atoms with van der Waals surface area (Å²) in [5.41, 5.74) is 1.32. The average molecular weight is 336 g/mol. The SMILES string of the molecule is CC(=O)N1CCN([C@@H]2CN(Cc3ccc(Cl)cc3)C[C@@H]2C)CC1. The first-order chi connectivity index (χ1) is 11.0. The Morgan fingerprint density at radius 2 is 1.78 bits per heavy atom. The Bertz CT molecular complexity index is 540. The first kappa shape index (κ1) is 16.7. The highest BCUT2D eigenvalue weighted by Crippen LogP contribution is 2.24. The predicted octanol–water partition coefficient (Wildman–Crippen LogP) is 2.32. The zero-order valence-corrected chi connectivity index (χ0v) is 14.8. The van der Waals surface area contributed by atoms with Gasteiger partial charge in [-0.05, 0) is 23.6 Å². The summed E-state index contributed by atoms with van der Waals surface area (Å²) < 4.78 is 0. The largest absolute Gasteiger partial charge is 0.340 e. The van der Waals surface area contributed by atoms with Crippen molar-refractivity contribution in [3.8, 4) is 0 Å². The molecule has 0 aromatic heterocycles. The Labute approximate surface area is 144 Å². The zero-order valence-electron chi connectivity index (χ0n) is 14.0. The van der Waals surface area contributed by atoms with Gasteiger partial charge in [0, 0.05) is 63.8 Å². The topological polar surface area (TPSA) is 26.8 Å². The van der Waals surface area contributed by atoms with E-state index in [4.69, 9.17) is 11.6 Å². The third kappa shape index (κ3) is 4.06. The summed E-state index contributed by atoms with van der Waals surface area (Å²) in [5.74, 6) is 0.875. The molecular weight excluding hydrogens is 310 g/mol. The number of likely N-dealkylation sites (tertiary alicyclic amines) is 1. The van der Waals surface area contributed by atoms with Crippen LogP contribution in [-0.4, -0.2) is 65.9 Å². The molecule has 0 unspecified atom stereocenters. The monoisotopic (exact) mass is 335 g/mol. The summed E-state index contributed by atoms with van der Waals surface area (Å²) in [5, 5.41) is 0.796. The minimum atomic E-state index is 0.202. The Morgan fingerprint density at radius 3 is 2.39 bits per heavy atom. The molecule has 0 N–H and O–H groups in total. The minimum Gasteiger partial charge on any atom is -0.340 e. The summed E-state index contributed by atoms with van der Waals surface area (Å²) in [6.07, 6.45) is 0. The lowest BCUT2D eigenvalue weighted by Gasteiger charge is -2.39. The van der Waals surface area contributed by atoms with Crippen LogP contribution in [-0.2, 0) is 11.3 Å². The lowest BCUT2D eigenvalue weighted by Crippen LogP contribution is -2.53. The number of halogens is 1. The summed E-state index contributed by atoms with van der Waals surface area (Å²) in [6, 6.07) is 8.78. The van der Waals surface area contributed by atoms with Crippen LogP contribution in [0.15, 0.2) is 24.3 Å². The number of benzene rings is 1. The summed E-state index contributed by atoms with van der Waals surface area (Å²) >= 11 is 5.96. The molecule has 5 heteroatoms. The van der Waals surface area contributed by atoms with Gasteiger partial charge in [0.25, 0.3) is 0 Å². The van der Waals surface area contributed by atoms with Gasteiger partial charge in [-0.2, -0.15) is 0 Å². The van der Waals surface area contributed by atoms with Crippen molar-refractivity contribution < 1.29 is 4.79 Å². The fourth-order valence-corrected chi connectivity index (χ4v) is 3.99. The van der Waals surface area contributed by atoms with E-state index in [1.165, 1.54) is 5.56 Å². The Balaban J connectivity index is 1.54. The van der Waals surface area contributed by atoms with Crippen LogP contribution in [0.5, 0.6) is 0 Å². The van der Waals surface area contributed by atoms with Crippen molar-refractivity contribution in [2.75, 3.05) is 39.3 Å². The number of rotatable bonds is 3. The van der Waals surface area contributed by atoms with Crippen molar-refractivity contribution in [3.05, 3.63) is 34.9 Å². The third-order valence-corrected chi connectivity index (χ3v) is 5.45. The van der Waals surface area contributed by atoms with Gasteiger partial charge in [-0.3, -0.25) is 14.6 Å². The van der Waals surface area contributed by atoms with Crippen LogP contribution in [0, 0.1) is 5.92 Å². The van der Waals surface area contributed by atoms with Gasteiger partial charge in [0.2, 0.25) is 5.91 Å². The van der Waals surface area contributed by atoms with E-state index in [0.29, 0.717) is 12.0 Å². The van der Waals surface area contributed by atoms with E-state index in [-0.39, 0.29) is 5.91 Å². The highest BCUT2D eigenvalue weighted by molar-refractivity contribution is 6.30. The second-order valence-corrected chi connectivity index (χ2v) is 7.34. The smallest absolute Gasteiger partial charge is 0.219 e. The third-order valence-electron chi connectivity index (χ3n) is 5.20. The molecule has 2 atom stereocenters. The van der Waals surface area contributed by atoms with Gasteiger partial charge in [0.15, 0.2) is 0 Å². The minimum absolute atomic E-state index is 0.202. The number of hydrogen-bond acceptors (Lipinski definition) is 3. The Morgan fingerprint density at radius 1 is 1.13 bits per heavy atom. The first-order valence-electron chi connectivity index (χ1n) is 8.49. The number of hydrogen-bond donors (Lipinski definition) is 0. The maximum Gasteiger partial charge on any atom is 0.219 e. The van der Waals surface area contributed by atoms with E-state index in [1.54, 1.807) is 6.92 Å². The highest BCUT2D eigenvalue weighted by atomic mass is 35.5. The molecule has 0 radical (unpaired) electrons. The number of carbonyl (C=O) groups excluding carboxylic acids is 1. The van der Waals surface area contributed by atoms with Gasteiger partial charge < -0.3 is 4.90 Å². The number of piperazine rings is 1. The molecule has 1 aromatic rings. The van der Waals surface area contributed by atoms with E-state index < -0.39 is 0 Å². The van der Waals surface area contributed by atoms with Crippen molar-refractivity contribution >= 4 is 17.5 Å². The summed E-state index contributed by atoms with van der Waals surface area (Å²) in [4.78, 5) is 18.5. The van der Waals surface area contributed by atoms with Gasteiger partial charge in [-0.25, -0.2) is 0 Å². The van der Waals surface area contributed by atoms with Crippen LogP contribution >= 0.6 is 11.6 Å². The van der Waals surface area contributed by atoms with E-state index in [2.05, 4.69) is 28.9 Å². The predicted molar refractivity (Wildman–Crippen MR) is 93.5 cm³/mol. The standard InChI is InChI=1S/C18H26ClN3O/c1-14-11-20(12-16-3-5-17(19)6-4-16)13-18(14)22-9-7-21(8-10-22)15(2)23/h3-6,14,18H,7-13H2,1-2H3/t14-,18+/m0/s1. The maximum absolute atomic E-state index is 11.5. The molecule has 2 heterocycles. The summed E-state index contributed by atoms with van der Waals surface area (Å²) in [7, 11) is 0. The fraction of sp³-hybridized carbons (Fsp3) is 0.611. The lowest BCUT2D eigenvalue weighted by molar-refractivity contribution is -0.130. The van der Waals surface area contributed by atoms with Crippen LogP contribution in [0.4, 0.5) is 0 Å². The van der Waals surface area contributed by atoms with Gasteiger partial charge in [-0.1, -0.05) is 30.7 Å². The van der Waals surface area contributed by atoms with Crippen molar-refractivity contribution in [1.82, 2.24) is 14.7 Å². The maximum atomic E-state index is 11.5. The van der Waals surface area contributed by atoms with Crippen molar-refractivity contribution in [1.29, 1.82) is 0 Å².